The van der Waals surface area contributed by atoms with Crippen LogP contribution in [0.3, 0.4) is 0 Å². The number of halogens is 1. The molecule has 1 aliphatic heterocycles. The molecule has 0 amide bonds. The SMILES string of the molecule is CCNC(=NCC1(c2ccccc2)CCC1)NCC1CCN(S(C)(=O)=O)CC1.I. The van der Waals surface area contributed by atoms with Crippen LogP contribution in [0.15, 0.2) is 35.3 Å². The topological polar surface area (TPSA) is 73.8 Å². The molecule has 0 aromatic heterocycles. The molecular formula is C21H35IN4O2S. The Morgan fingerprint density at radius 3 is 2.34 bits per heavy atom. The van der Waals surface area contributed by atoms with Crippen LogP contribution in [0.5, 0.6) is 0 Å². The monoisotopic (exact) mass is 534 g/mol. The molecule has 164 valence electrons. The van der Waals surface area contributed by atoms with E-state index in [1.54, 1.807) is 4.31 Å². The van der Waals surface area contributed by atoms with Crippen molar-refractivity contribution >= 4 is 40.0 Å². The minimum atomic E-state index is -3.06. The Morgan fingerprint density at radius 2 is 1.83 bits per heavy atom. The van der Waals surface area contributed by atoms with Gasteiger partial charge in [-0.25, -0.2) is 12.7 Å². The summed E-state index contributed by atoms with van der Waals surface area (Å²) in [5.41, 5.74) is 1.58. The lowest BCUT2D eigenvalue weighted by Gasteiger charge is -2.41. The van der Waals surface area contributed by atoms with Gasteiger partial charge in [-0.1, -0.05) is 36.8 Å². The van der Waals surface area contributed by atoms with Crippen LogP contribution in [0.4, 0.5) is 0 Å². The maximum atomic E-state index is 11.7. The highest BCUT2D eigenvalue weighted by atomic mass is 127. The number of piperidine rings is 1. The van der Waals surface area contributed by atoms with Gasteiger partial charge in [0.1, 0.15) is 0 Å². The van der Waals surface area contributed by atoms with Crippen molar-refractivity contribution in [2.24, 2.45) is 10.9 Å². The Hall–Kier alpha value is -0.870. The minimum absolute atomic E-state index is 0. The van der Waals surface area contributed by atoms with Gasteiger partial charge in [0.15, 0.2) is 5.96 Å². The second kappa shape index (κ2) is 10.9. The number of nitrogens with zero attached hydrogens (tertiary/aromatic N) is 2. The first-order valence-electron chi connectivity index (χ1n) is 10.5. The van der Waals surface area contributed by atoms with Crippen molar-refractivity contribution in [2.75, 3.05) is 39.0 Å². The van der Waals surface area contributed by atoms with Crippen molar-refractivity contribution in [2.45, 2.75) is 44.4 Å². The molecule has 0 bridgehead atoms. The molecule has 1 aliphatic carbocycles. The van der Waals surface area contributed by atoms with E-state index < -0.39 is 10.0 Å². The molecule has 0 spiro atoms. The van der Waals surface area contributed by atoms with Crippen LogP contribution >= 0.6 is 24.0 Å². The van der Waals surface area contributed by atoms with E-state index in [0.29, 0.717) is 19.0 Å². The first-order valence-corrected chi connectivity index (χ1v) is 12.3. The number of aliphatic imine (C=N–C) groups is 1. The largest absolute Gasteiger partial charge is 0.357 e. The maximum absolute atomic E-state index is 11.7. The van der Waals surface area contributed by atoms with Crippen molar-refractivity contribution in [3.05, 3.63) is 35.9 Å². The van der Waals surface area contributed by atoms with Crippen molar-refractivity contribution in [3.8, 4) is 0 Å². The third kappa shape index (κ3) is 6.55. The van der Waals surface area contributed by atoms with E-state index in [4.69, 9.17) is 4.99 Å². The van der Waals surface area contributed by atoms with E-state index in [1.165, 1.54) is 31.1 Å². The van der Waals surface area contributed by atoms with Crippen LogP contribution in [-0.4, -0.2) is 57.7 Å². The van der Waals surface area contributed by atoms with Gasteiger partial charge in [0.2, 0.25) is 10.0 Å². The van der Waals surface area contributed by atoms with Gasteiger partial charge < -0.3 is 10.6 Å². The predicted octanol–water partition coefficient (Wildman–Crippen LogP) is 2.95. The second-order valence-electron chi connectivity index (χ2n) is 8.18. The summed E-state index contributed by atoms with van der Waals surface area (Å²) in [5.74, 6) is 1.35. The summed E-state index contributed by atoms with van der Waals surface area (Å²) in [4.78, 5) is 4.91. The standard InChI is InChI=1S/C21H34N4O2S.HI/c1-3-22-20(23-16-18-10-14-25(15-11-18)28(2,26)27)24-17-21(12-7-13-21)19-8-5-4-6-9-19;/h4-6,8-9,18H,3,7,10-17H2,1-2H3,(H2,22,23,24);1H. The quantitative estimate of drug-likeness (QED) is 0.321. The third-order valence-corrected chi connectivity index (χ3v) is 7.48. The summed E-state index contributed by atoms with van der Waals surface area (Å²) in [5, 5.41) is 6.85. The van der Waals surface area contributed by atoms with Crippen LogP contribution in [0.2, 0.25) is 0 Å². The van der Waals surface area contributed by atoms with Crippen molar-refractivity contribution < 1.29 is 8.42 Å². The predicted molar refractivity (Wildman–Crippen MR) is 131 cm³/mol. The van der Waals surface area contributed by atoms with E-state index in [2.05, 4.69) is 47.9 Å². The molecule has 2 fully saturated rings. The molecule has 0 atom stereocenters. The van der Waals surface area contributed by atoms with Gasteiger partial charge in [0.25, 0.3) is 0 Å². The number of hydrogen-bond acceptors (Lipinski definition) is 3. The van der Waals surface area contributed by atoms with Crippen LogP contribution in [0, 0.1) is 5.92 Å². The van der Waals surface area contributed by atoms with Gasteiger partial charge in [0, 0.05) is 31.6 Å². The molecule has 1 heterocycles. The smallest absolute Gasteiger partial charge is 0.211 e. The Morgan fingerprint density at radius 1 is 1.17 bits per heavy atom. The Labute approximate surface area is 193 Å². The fourth-order valence-electron chi connectivity index (χ4n) is 4.19. The molecule has 2 N–H and O–H groups in total. The number of guanidine groups is 1. The Kier molecular flexibility index (Phi) is 9.21. The first kappa shape index (κ1) is 24.4. The molecule has 2 aliphatic rings. The van der Waals surface area contributed by atoms with Gasteiger partial charge in [-0.2, -0.15) is 0 Å². The second-order valence-corrected chi connectivity index (χ2v) is 10.2. The van der Waals surface area contributed by atoms with E-state index in [1.807, 2.05) is 0 Å². The fourth-order valence-corrected chi connectivity index (χ4v) is 5.07. The first-order chi connectivity index (χ1) is 13.4. The Balaban J connectivity index is 0.00000300. The molecule has 1 aromatic carbocycles. The zero-order valence-electron chi connectivity index (χ0n) is 17.6. The summed E-state index contributed by atoms with van der Waals surface area (Å²) in [6.45, 7) is 5.79. The van der Waals surface area contributed by atoms with Gasteiger partial charge in [-0.05, 0) is 44.1 Å². The number of nitrogens with one attached hydrogen (secondary N) is 2. The molecule has 1 saturated carbocycles. The highest BCUT2D eigenvalue weighted by Gasteiger charge is 2.38. The molecule has 6 nitrogen and oxygen atoms in total. The molecule has 0 radical (unpaired) electrons. The number of hydrogen-bond donors (Lipinski definition) is 2. The van der Waals surface area contributed by atoms with Crippen molar-refractivity contribution in [1.29, 1.82) is 0 Å². The van der Waals surface area contributed by atoms with Gasteiger partial charge >= 0.3 is 0 Å². The molecule has 29 heavy (non-hydrogen) atoms. The zero-order valence-corrected chi connectivity index (χ0v) is 20.7. The minimum Gasteiger partial charge on any atom is -0.357 e. The molecule has 3 rings (SSSR count). The number of benzene rings is 1. The maximum Gasteiger partial charge on any atom is 0.211 e. The molecule has 8 heteroatoms. The van der Waals surface area contributed by atoms with Gasteiger partial charge in [0.05, 0.1) is 12.8 Å². The van der Waals surface area contributed by atoms with E-state index in [0.717, 1.165) is 38.4 Å². The number of sulfonamides is 1. The molecule has 1 aromatic rings. The van der Waals surface area contributed by atoms with Crippen LogP contribution in [0.1, 0.15) is 44.6 Å². The van der Waals surface area contributed by atoms with Crippen molar-refractivity contribution in [1.82, 2.24) is 14.9 Å². The molecular weight excluding hydrogens is 499 g/mol. The highest BCUT2D eigenvalue weighted by Crippen LogP contribution is 2.43. The lowest BCUT2D eigenvalue weighted by Crippen LogP contribution is -2.45. The normalized spacial score (nSPS) is 20.4. The summed E-state index contributed by atoms with van der Waals surface area (Å²) >= 11 is 0. The lowest BCUT2D eigenvalue weighted by atomic mass is 9.64. The number of rotatable bonds is 7. The van der Waals surface area contributed by atoms with E-state index in [-0.39, 0.29) is 29.4 Å². The summed E-state index contributed by atoms with van der Waals surface area (Å²) in [6, 6.07) is 10.8. The zero-order chi connectivity index (χ0) is 20.0. The fraction of sp³-hybridized carbons (Fsp3) is 0.667. The van der Waals surface area contributed by atoms with Crippen LogP contribution < -0.4 is 10.6 Å². The van der Waals surface area contributed by atoms with Gasteiger partial charge in [-0.3, -0.25) is 4.99 Å². The van der Waals surface area contributed by atoms with Gasteiger partial charge in [-0.15, -0.1) is 24.0 Å². The van der Waals surface area contributed by atoms with Crippen LogP contribution in [-0.2, 0) is 15.4 Å². The molecule has 0 unspecified atom stereocenters. The van der Waals surface area contributed by atoms with E-state index in [9.17, 15) is 8.42 Å². The molecule has 1 saturated heterocycles. The average molecular weight is 535 g/mol. The van der Waals surface area contributed by atoms with Crippen molar-refractivity contribution in [3.63, 3.8) is 0 Å². The highest BCUT2D eigenvalue weighted by molar-refractivity contribution is 14.0. The van der Waals surface area contributed by atoms with E-state index >= 15 is 0 Å². The van der Waals surface area contributed by atoms with Crippen LogP contribution in [0.25, 0.3) is 0 Å². The average Bonchev–Trinajstić information content (AvgIpc) is 2.65. The lowest BCUT2D eigenvalue weighted by molar-refractivity contribution is 0.253. The third-order valence-electron chi connectivity index (χ3n) is 6.18. The summed E-state index contributed by atoms with van der Waals surface area (Å²) in [7, 11) is -3.06. The summed E-state index contributed by atoms with van der Waals surface area (Å²) in [6.07, 6.45) is 6.76. The Bertz CT molecular complexity index is 758. The summed E-state index contributed by atoms with van der Waals surface area (Å²) < 4.78 is 24.9.